The molecule has 0 saturated carbocycles. The van der Waals surface area contributed by atoms with Crippen molar-refractivity contribution in [2.45, 2.75) is 25.4 Å². The van der Waals surface area contributed by atoms with E-state index in [1.165, 1.54) is 10.9 Å². The lowest BCUT2D eigenvalue weighted by Crippen LogP contribution is -2.46. The molecule has 1 atom stereocenters. The molecule has 1 unspecified atom stereocenters. The third kappa shape index (κ3) is 4.61. The summed E-state index contributed by atoms with van der Waals surface area (Å²) in [5.41, 5.74) is 0.637. The monoisotopic (exact) mass is 323 g/mol. The van der Waals surface area contributed by atoms with E-state index < -0.39 is 0 Å². The van der Waals surface area contributed by atoms with E-state index in [4.69, 9.17) is 4.74 Å². The number of hydrogen-bond acceptors (Lipinski definition) is 4. The summed E-state index contributed by atoms with van der Waals surface area (Å²) in [6.07, 6.45) is 0.628. The second kappa shape index (κ2) is 7.83. The van der Waals surface area contributed by atoms with Crippen LogP contribution < -0.4 is 5.32 Å². The zero-order valence-electron chi connectivity index (χ0n) is 12.9. The number of rotatable bonds is 8. The molecule has 22 heavy (non-hydrogen) atoms. The van der Waals surface area contributed by atoms with Gasteiger partial charge in [0, 0.05) is 35.6 Å². The summed E-state index contributed by atoms with van der Waals surface area (Å²) in [7, 11) is 1.66. The van der Waals surface area contributed by atoms with Gasteiger partial charge in [0.15, 0.2) is 0 Å². The lowest BCUT2D eigenvalue weighted by molar-refractivity contribution is 0.0971. The topological polar surface area (TPSA) is 41.5 Å². The Balaban J connectivity index is 2.03. The molecule has 0 saturated heterocycles. The van der Waals surface area contributed by atoms with Crippen LogP contribution in [-0.2, 0) is 11.3 Å². The van der Waals surface area contributed by atoms with Gasteiger partial charge in [-0.3, -0.25) is 0 Å². The lowest BCUT2D eigenvalue weighted by atomic mass is 9.99. The Bertz CT molecular complexity index is 594. The van der Waals surface area contributed by atoms with E-state index in [1.54, 1.807) is 30.6 Å². The van der Waals surface area contributed by atoms with Crippen LogP contribution in [0.3, 0.4) is 0 Å². The number of halogens is 1. The molecule has 0 aliphatic carbocycles. The molecule has 1 aromatic heterocycles. The molecule has 1 heterocycles. The first-order valence-corrected chi connectivity index (χ1v) is 8.07. The summed E-state index contributed by atoms with van der Waals surface area (Å²) in [5, 5.41) is 12.6. The molecule has 0 fully saturated rings. The SMILES string of the molecule is COCC(C)(CCO)NCc1ccc(-c2cccc(F)c2)s1. The van der Waals surface area contributed by atoms with Gasteiger partial charge in [0.25, 0.3) is 0 Å². The average molecular weight is 323 g/mol. The van der Waals surface area contributed by atoms with E-state index in [9.17, 15) is 9.50 Å². The molecule has 0 spiro atoms. The van der Waals surface area contributed by atoms with Crippen LogP contribution in [0, 0.1) is 5.82 Å². The highest BCUT2D eigenvalue weighted by atomic mass is 32.1. The number of nitrogens with one attached hydrogen (secondary N) is 1. The summed E-state index contributed by atoms with van der Waals surface area (Å²) in [6, 6.07) is 10.7. The second-order valence-corrected chi connectivity index (χ2v) is 6.77. The fraction of sp³-hybridized carbons (Fsp3) is 0.412. The Morgan fingerprint density at radius 1 is 1.32 bits per heavy atom. The van der Waals surface area contributed by atoms with Crippen molar-refractivity contribution in [1.29, 1.82) is 0 Å². The third-order valence-electron chi connectivity index (χ3n) is 3.59. The fourth-order valence-corrected chi connectivity index (χ4v) is 3.29. The summed E-state index contributed by atoms with van der Waals surface area (Å²) in [5.74, 6) is -0.221. The maximum Gasteiger partial charge on any atom is 0.123 e. The van der Waals surface area contributed by atoms with Crippen LogP contribution in [0.5, 0.6) is 0 Å². The standard InChI is InChI=1S/C17H22FNO2S/c1-17(8-9-20,12-21-2)19-11-15-6-7-16(22-15)13-4-3-5-14(18)10-13/h3-7,10,19-20H,8-9,11-12H2,1-2H3. The van der Waals surface area contributed by atoms with Crippen molar-refractivity contribution in [2.75, 3.05) is 20.3 Å². The predicted molar refractivity (Wildman–Crippen MR) is 88.5 cm³/mol. The lowest BCUT2D eigenvalue weighted by Gasteiger charge is -2.29. The number of ether oxygens (including phenoxy) is 1. The number of hydrogen-bond donors (Lipinski definition) is 2. The Hall–Kier alpha value is -1.27. The zero-order chi connectivity index (χ0) is 16.0. The molecule has 1 aromatic carbocycles. The second-order valence-electron chi connectivity index (χ2n) is 5.60. The van der Waals surface area contributed by atoms with Crippen LogP contribution in [0.4, 0.5) is 4.39 Å². The highest BCUT2D eigenvalue weighted by molar-refractivity contribution is 7.15. The van der Waals surface area contributed by atoms with Gasteiger partial charge in [-0.15, -0.1) is 11.3 Å². The van der Waals surface area contributed by atoms with Crippen LogP contribution in [0.2, 0.25) is 0 Å². The van der Waals surface area contributed by atoms with Gasteiger partial charge in [-0.2, -0.15) is 0 Å². The predicted octanol–water partition coefficient (Wildman–Crippen LogP) is 3.43. The van der Waals surface area contributed by atoms with Crippen molar-refractivity contribution in [3.63, 3.8) is 0 Å². The molecule has 2 aromatic rings. The number of benzene rings is 1. The smallest absolute Gasteiger partial charge is 0.123 e. The summed E-state index contributed by atoms with van der Waals surface area (Å²) < 4.78 is 18.5. The molecule has 0 amide bonds. The van der Waals surface area contributed by atoms with Crippen molar-refractivity contribution < 1.29 is 14.2 Å². The van der Waals surface area contributed by atoms with E-state index in [2.05, 4.69) is 5.32 Å². The zero-order valence-corrected chi connectivity index (χ0v) is 13.8. The molecular formula is C17H22FNO2S. The number of aliphatic hydroxyl groups is 1. The van der Waals surface area contributed by atoms with Crippen molar-refractivity contribution in [3.05, 3.63) is 47.1 Å². The molecule has 0 aliphatic heterocycles. The van der Waals surface area contributed by atoms with Gasteiger partial charge in [0.1, 0.15) is 5.82 Å². The highest BCUT2D eigenvalue weighted by Crippen LogP contribution is 2.28. The Kier molecular flexibility index (Phi) is 6.08. The van der Waals surface area contributed by atoms with E-state index in [0.29, 0.717) is 19.6 Å². The van der Waals surface area contributed by atoms with Gasteiger partial charge in [0.05, 0.1) is 6.61 Å². The van der Waals surface area contributed by atoms with Crippen molar-refractivity contribution >= 4 is 11.3 Å². The summed E-state index contributed by atoms with van der Waals surface area (Å²) in [6.45, 7) is 3.38. The van der Waals surface area contributed by atoms with Gasteiger partial charge in [0.2, 0.25) is 0 Å². The molecule has 0 aliphatic rings. The van der Waals surface area contributed by atoms with Gasteiger partial charge >= 0.3 is 0 Å². The van der Waals surface area contributed by atoms with E-state index in [1.807, 2.05) is 25.1 Å². The highest BCUT2D eigenvalue weighted by Gasteiger charge is 2.23. The number of thiophene rings is 1. The Morgan fingerprint density at radius 3 is 2.82 bits per heavy atom. The van der Waals surface area contributed by atoms with Crippen molar-refractivity contribution in [3.8, 4) is 10.4 Å². The first-order chi connectivity index (χ1) is 10.6. The minimum atomic E-state index is -0.257. The Labute approximate surface area is 134 Å². The van der Waals surface area contributed by atoms with Crippen LogP contribution >= 0.6 is 11.3 Å². The van der Waals surface area contributed by atoms with E-state index in [-0.39, 0.29) is 18.0 Å². The minimum absolute atomic E-state index is 0.117. The number of aliphatic hydroxyl groups excluding tert-OH is 1. The van der Waals surface area contributed by atoms with E-state index >= 15 is 0 Å². The molecule has 3 nitrogen and oxygen atoms in total. The van der Waals surface area contributed by atoms with Crippen molar-refractivity contribution in [2.24, 2.45) is 0 Å². The van der Waals surface area contributed by atoms with Crippen LogP contribution in [0.25, 0.3) is 10.4 Å². The normalized spacial score (nSPS) is 14.0. The van der Waals surface area contributed by atoms with Crippen LogP contribution in [-0.4, -0.2) is 31.0 Å². The van der Waals surface area contributed by atoms with E-state index in [0.717, 1.165) is 10.4 Å². The quantitative estimate of drug-likeness (QED) is 0.782. The summed E-state index contributed by atoms with van der Waals surface area (Å²) in [4.78, 5) is 2.21. The number of methoxy groups -OCH3 is 1. The minimum Gasteiger partial charge on any atom is -0.396 e. The fourth-order valence-electron chi connectivity index (χ4n) is 2.35. The third-order valence-corrected chi connectivity index (χ3v) is 4.72. The maximum atomic E-state index is 13.3. The van der Waals surface area contributed by atoms with Crippen LogP contribution in [0.15, 0.2) is 36.4 Å². The first kappa shape index (κ1) is 17.1. The maximum absolute atomic E-state index is 13.3. The van der Waals surface area contributed by atoms with Gasteiger partial charge in [-0.1, -0.05) is 12.1 Å². The van der Waals surface area contributed by atoms with Crippen LogP contribution in [0.1, 0.15) is 18.2 Å². The summed E-state index contributed by atoms with van der Waals surface area (Å²) >= 11 is 1.64. The molecule has 0 bridgehead atoms. The molecule has 2 N–H and O–H groups in total. The molecule has 5 heteroatoms. The average Bonchev–Trinajstić information content (AvgIpc) is 2.95. The van der Waals surface area contributed by atoms with Crippen molar-refractivity contribution in [1.82, 2.24) is 5.32 Å². The van der Waals surface area contributed by atoms with Gasteiger partial charge in [-0.25, -0.2) is 4.39 Å². The first-order valence-electron chi connectivity index (χ1n) is 7.26. The van der Waals surface area contributed by atoms with Gasteiger partial charge in [-0.05, 0) is 43.2 Å². The molecular weight excluding hydrogens is 301 g/mol. The molecule has 2 rings (SSSR count). The Morgan fingerprint density at radius 2 is 2.14 bits per heavy atom. The molecule has 120 valence electrons. The van der Waals surface area contributed by atoms with Gasteiger partial charge < -0.3 is 15.2 Å². The largest absolute Gasteiger partial charge is 0.396 e. The molecule has 0 radical (unpaired) electrons.